The molecular weight excluding hydrogens is 307 g/mol. The predicted octanol–water partition coefficient (Wildman–Crippen LogP) is 4.71. The Kier molecular flexibility index (Phi) is 4.08. The summed E-state index contributed by atoms with van der Waals surface area (Å²) in [4.78, 5) is 0. The van der Waals surface area contributed by atoms with E-state index in [0.717, 1.165) is 29.3 Å². The third kappa shape index (κ3) is 3.38. The first kappa shape index (κ1) is 15.0. The summed E-state index contributed by atoms with van der Waals surface area (Å²) in [6.07, 6.45) is 3.46. The van der Waals surface area contributed by atoms with Gasteiger partial charge in [-0.2, -0.15) is 0 Å². The molecule has 1 N–H and O–H groups in total. The molecule has 1 saturated carbocycles. The van der Waals surface area contributed by atoms with Gasteiger partial charge in [-0.05, 0) is 48.3 Å². The van der Waals surface area contributed by atoms with Crippen LogP contribution in [0.15, 0.2) is 22.7 Å². The number of hydrogen-bond donors (Lipinski definition) is 1. The number of benzene rings is 1. The number of hydrogen-bond acceptors (Lipinski definition) is 1. The van der Waals surface area contributed by atoms with E-state index in [1.165, 1.54) is 12.1 Å². The van der Waals surface area contributed by atoms with Crippen molar-refractivity contribution >= 4 is 15.9 Å². The van der Waals surface area contributed by atoms with Gasteiger partial charge in [0.2, 0.25) is 0 Å². The van der Waals surface area contributed by atoms with Gasteiger partial charge >= 0.3 is 0 Å². The molecule has 1 aliphatic rings. The minimum absolute atomic E-state index is 0.250. The summed E-state index contributed by atoms with van der Waals surface area (Å²) >= 11 is 3.39. The summed E-state index contributed by atoms with van der Waals surface area (Å²) < 4.78 is 13.9. The number of aliphatic hydroxyl groups is 1. The van der Waals surface area contributed by atoms with Crippen molar-refractivity contribution in [2.45, 2.75) is 52.1 Å². The van der Waals surface area contributed by atoms with E-state index in [4.69, 9.17) is 0 Å². The lowest BCUT2D eigenvalue weighted by molar-refractivity contribution is -0.0705. The fraction of sp³-hybridized carbons (Fsp3) is 0.625. The van der Waals surface area contributed by atoms with Gasteiger partial charge in [-0.25, -0.2) is 4.39 Å². The Bertz CT molecular complexity index is 472. The van der Waals surface area contributed by atoms with Gasteiger partial charge in [-0.3, -0.25) is 0 Å². The molecule has 1 aromatic carbocycles. The van der Waals surface area contributed by atoms with Crippen LogP contribution in [-0.2, 0) is 6.42 Å². The zero-order chi connectivity index (χ0) is 14.3. The van der Waals surface area contributed by atoms with Crippen molar-refractivity contribution < 1.29 is 9.50 Å². The second-order valence-electron chi connectivity index (χ2n) is 6.79. The minimum Gasteiger partial charge on any atom is -0.389 e. The molecule has 1 fully saturated rings. The van der Waals surface area contributed by atoms with Crippen LogP contribution in [0.4, 0.5) is 4.39 Å². The van der Waals surface area contributed by atoms with Crippen molar-refractivity contribution in [3.8, 4) is 0 Å². The molecule has 2 unspecified atom stereocenters. The molecule has 1 aromatic rings. The average Bonchev–Trinajstić information content (AvgIpc) is 2.28. The van der Waals surface area contributed by atoms with Crippen molar-refractivity contribution in [2.24, 2.45) is 11.3 Å². The Balaban J connectivity index is 2.18. The molecule has 0 aliphatic heterocycles. The molecular formula is C16H22BrFO. The van der Waals surface area contributed by atoms with Crippen LogP contribution in [0.2, 0.25) is 0 Å². The molecule has 0 amide bonds. The molecule has 106 valence electrons. The summed E-state index contributed by atoms with van der Waals surface area (Å²) in [5.41, 5.74) is 0.622. The largest absolute Gasteiger partial charge is 0.389 e. The van der Waals surface area contributed by atoms with Crippen molar-refractivity contribution in [3.63, 3.8) is 0 Å². The average molecular weight is 329 g/mol. The molecule has 0 saturated heterocycles. The van der Waals surface area contributed by atoms with E-state index in [0.29, 0.717) is 11.8 Å². The van der Waals surface area contributed by atoms with Crippen LogP contribution in [0.1, 0.15) is 45.6 Å². The molecule has 0 heterocycles. The zero-order valence-corrected chi connectivity index (χ0v) is 13.4. The normalized spacial score (nSPS) is 30.3. The third-order valence-electron chi connectivity index (χ3n) is 4.52. The lowest BCUT2D eigenvalue weighted by Crippen LogP contribution is -2.45. The summed E-state index contributed by atoms with van der Waals surface area (Å²) in [6.45, 7) is 6.64. The highest BCUT2D eigenvalue weighted by Gasteiger charge is 2.42. The van der Waals surface area contributed by atoms with Gasteiger partial charge in [0, 0.05) is 10.9 Å². The van der Waals surface area contributed by atoms with Crippen molar-refractivity contribution in [3.05, 3.63) is 34.1 Å². The van der Waals surface area contributed by atoms with Crippen LogP contribution < -0.4 is 0 Å². The van der Waals surface area contributed by atoms with Gasteiger partial charge in [0.1, 0.15) is 5.82 Å². The molecule has 2 rings (SSSR count). The van der Waals surface area contributed by atoms with Crippen molar-refractivity contribution in [2.75, 3.05) is 0 Å². The summed E-state index contributed by atoms with van der Waals surface area (Å²) in [6, 6.07) is 4.70. The highest BCUT2D eigenvalue weighted by molar-refractivity contribution is 9.10. The number of rotatable bonds is 2. The molecule has 0 aromatic heterocycles. The molecule has 19 heavy (non-hydrogen) atoms. The lowest BCUT2D eigenvalue weighted by atomic mass is 9.64. The topological polar surface area (TPSA) is 20.2 Å². The Morgan fingerprint density at radius 1 is 1.37 bits per heavy atom. The van der Waals surface area contributed by atoms with Gasteiger partial charge in [0.05, 0.1) is 5.60 Å². The van der Waals surface area contributed by atoms with E-state index in [2.05, 4.69) is 36.7 Å². The van der Waals surface area contributed by atoms with E-state index < -0.39 is 5.60 Å². The Morgan fingerprint density at radius 3 is 2.63 bits per heavy atom. The summed E-state index contributed by atoms with van der Waals surface area (Å²) in [5, 5.41) is 10.9. The van der Waals surface area contributed by atoms with Gasteiger partial charge in [-0.1, -0.05) is 42.8 Å². The highest BCUT2D eigenvalue weighted by Crippen LogP contribution is 2.45. The Labute approximate surface area is 123 Å². The van der Waals surface area contributed by atoms with Crippen LogP contribution in [0, 0.1) is 17.2 Å². The molecule has 2 atom stereocenters. The van der Waals surface area contributed by atoms with Crippen molar-refractivity contribution in [1.29, 1.82) is 0 Å². The van der Waals surface area contributed by atoms with E-state index in [9.17, 15) is 9.50 Å². The van der Waals surface area contributed by atoms with E-state index in [1.807, 2.05) is 0 Å². The first-order valence-electron chi connectivity index (χ1n) is 6.88. The SMILES string of the molecule is CC1CC(C)(C)CCC1(O)Cc1ccc(F)cc1Br. The van der Waals surface area contributed by atoms with Crippen LogP contribution >= 0.6 is 15.9 Å². The molecule has 1 aliphatic carbocycles. The second kappa shape index (κ2) is 5.17. The van der Waals surface area contributed by atoms with E-state index in [1.54, 1.807) is 6.07 Å². The molecule has 0 bridgehead atoms. The predicted molar refractivity (Wildman–Crippen MR) is 79.5 cm³/mol. The Hall–Kier alpha value is -0.410. The fourth-order valence-electron chi connectivity index (χ4n) is 3.18. The Morgan fingerprint density at radius 2 is 2.05 bits per heavy atom. The van der Waals surface area contributed by atoms with E-state index >= 15 is 0 Å². The number of halogens is 2. The van der Waals surface area contributed by atoms with E-state index in [-0.39, 0.29) is 11.7 Å². The first-order valence-corrected chi connectivity index (χ1v) is 7.67. The second-order valence-corrected chi connectivity index (χ2v) is 7.64. The third-order valence-corrected chi connectivity index (χ3v) is 5.26. The zero-order valence-electron chi connectivity index (χ0n) is 11.8. The summed E-state index contributed by atoms with van der Waals surface area (Å²) in [5.74, 6) is 0.00800. The standard InChI is InChI=1S/C16H22BrFO/c1-11-9-15(2,3)6-7-16(11,19)10-12-4-5-13(18)8-14(12)17/h4-5,8,11,19H,6-7,9-10H2,1-3H3. The van der Waals surface area contributed by atoms with Gasteiger partial charge in [0.25, 0.3) is 0 Å². The molecule has 0 radical (unpaired) electrons. The van der Waals surface area contributed by atoms with Crippen LogP contribution in [0.3, 0.4) is 0 Å². The lowest BCUT2D eigenvalue weighted by Gasteiger charge is -2.45. The smallest absolute Gasteiger partial charge is 0.124 e. The first-order chi connectivity index (χ1) is 8.72. The van der Waals surface area contributed by atoms with Crippen molar-refractivity contribution in [1.82, 2.24) is 0 Å². The maximum Gasteiger partial charge on any atom is 0.124 e. The fourth-order valence-corrected chi connectivity index (χ4v) is 3.67. The molecule has 0 spiro atoms. The summed E-state index contributed by atoms with van der Waals surface area (Å²) in [7, 11) is 0. The molecule has 3 heteroatoms. The van der Waals surface area contributed by atoms with Gasteiger partial charge in [-0.15, -0.1) is 0 Å². The van der Waals surface area contributed by atoms with Crippen LogP contribution in [0.25, 0.3) is 0 Å². The van der Waals surface area contributed by atoms with Gasteiger partial charge < -0.3 is 5.11 Å². The highest BCUT2D eigenvalue weighted by atomic mass is 79.9. The van der Waals surface area contributed by atoms with Gasteiger partial charge in [0.15, 0.2) is 0 Å². The maximum atomic E-state index is 13.1. The van der Waals surface area contributed by atoms with Crippen LogP contribution in [0.5, 0.6) is 0 Å². The molecule has 1 nitrogen and oxygen atoms in total. The minimum atomic E-state index is -0.671. The van der Waals surface area contributed by atoms with Crippen LogP contribution in [-0.4, -0.2) is 10.7 Å². The quantitative estimate of drug-likeness (QED) is 0.833. The maximum absolute atomic E-state index is 13.1. The monoisotopic (exact) mass is 328 g/mol.